The normalized spacial score (nSPS) is 9.79. The summed E-state index contributed by atoms with van der Waals surface area (Å²) >= 11 is 1.24. The molecule has 6 heteroatoms. The van der Waals surface area contributed by atoms with Crippen molar-refractivity contribution in [3.05, 3.63) is 16.3 Å². The summed E-state index contributed by atoms with van der Waals surface area (Å²) in [5.74, 6) is -0.827. The first kappa shape index (κ1) is 10.5. The number of hydrogen-bond acceptors (Lipinski definition) is 4. The monoisotopic (exact) mass is 213 g/mol. The summed E-state index contributed by atoms with van der Waals surface area (Å²) in [5.41, 5.74) is 10.9. The Balaban J connectivity index is 2.76. The number of nitrogens with two attached hydrogens (primary N) is 2. The van der Waals surface area contributed by atoms with Gasteiger partial charge < -0.3 is 16.4 Å². The minimum absolute atomic E-state index is 0.101. The average Bonchev–Trinajstić information content (AvgIpc) is 2.48. The molecule has 1 aromatic heterocycles. The second kappa shape index (κ2) is 4.10. The predicted octanol–water partition coefficient (Wildman–Crippen LogP) is -0.112. The Morgan fingerprint density at radius 2 is 2.21 bits per heavy atom. The second-order valence-electron chi connectivity index (χ2n) is 2.83. The van der Waals surface area contributed by atoms with Crippen LogP contribution in [-0.2, 0) is 4.79 Å². The number of primary amides is 1. The van der Waals surface area contributed by atoms with E-state index in [9.17, 15) is 9.59 Å². The molecule has 0 aliphatic rings. The number of thiophene rings is 1. The van der Waals surface area contributed by atoms with Gasteiger partial charge in [0.15, 0.2) is 0 Å². The van der Waals surface area contributed by atoms with E-state index in [0.717, 1.165) is 0 Å². The van der Waals surface area contributed by atoms with Crippen LogP contribution in [0, 0.1) is 0 Å². The Morgan fingerprint density at radius 1 is 1.57 bits per heavy atom. The second-order valence-corrected chi connectivity index (χ2v) is 3.75. The van der Waals surface area contributed by atoms with E-state index in [1.807, 2.05) is 0 Å². The van der Waals surface area contributed by atoms with Crippen LogP contribution < -0.4 is 11.5 Å². The van der Waals surface area contributed by atoms with Crippen LogP contribution in [0.5, 0.6) is 0 Å². The molecule has 0 spiro atoms. The lowest BCUT2D eigenvalue weighted by Crippen LogP contribution is -2.35. The van der Waals surface area contributed by atoms with Gasteiger partial charge in [-0.3, -0.25) is 9.59 Å². The zero-order chi connectivity index (χ0) is 10.7. The van der Waals surface area contributed by atoms with Gasteiger partial charge in [0.1, 0.15) is 4.88 Å². The molecule has 0 atom stereocenters. The van der Waals surface area contributed by atoms with Gasteiger partial charge in [-0.05, 0) is 11.4 Å². The van der Waals surface area contributed by atoms with Crippen molar-refractivity contribution in [3.63, 3.8) is 0 Å². The SMILES string of the molecule is CN(CC(N)=O)C(=O)c1sccc1N. The maximum Gasteiger partial charge on any atom is 0.266 e. The molecule has 0 fully saturated rings. The maximum absolute atomic E-state index is 11.6. The fourth-order valence-corrected chi connectivity index (χ4v) is 1.78. The van der Waals surface area contributed by atoms with Crippen LogP contribution >= 0.6 is 11.3 Å². The minimum Gasteiger partial charge on any atom is -0.397 e. The average molecular weight is 213 g/mol. The maximum atomic E-state index is 11.6. The molecular formula is C8H11N3O2S. The molecule has 1 heterocycles. The summed E-state index contributed by atoms with van der Waals surface area (Å²) in [5, 5.41) is 1.72. The van der Waals surface area contributed by atoms with Crippen molar-refractivity contribution in [2.45, 2.75) is 0 Å². The Bertz CT molecular complexity index is 361. The van der Waals surface area contributed by atoms with E-state index in [1.165, 1.54) is 23.3 Å². The third-order valence-corrected chi connectivity index (χ3v) is 2.55. The van der Waals surface area contributed by atoms with Crippen molar-refractivity contribution in [1.29, 1.82) is 0 Å². The molecule has 4 N–H and O–H groups in total. The zero-order valence-electron chi connectivity index (χ0n) is 7.69. The van der Waals surface area contributed by atoms with E-state index in [2.05, 4.69) is 0 Å². The molecule has 76 valence electrons. The molecule has 0 saturated carbocycles. The quantitative estimate of drug-likeness (QED) is 0.734. The molecule has 0 aromatic carbocycles. The molecule has 2 amide bonds. The highest BCUT2D eigenvalue weighted by atomic mass is 32.1. The van der Waals surface area contributed by atoms with Gasteiger partial charge in [-0.25, -0.2) is 0 Å². The summed E-state index contributed by atoms with van der Waals surface area (Å²) in [4.78, 5) is 23.9. The van der Waals surface area contributed by atoms with Crippen molar-refractivity contribution in [1.82, 2.24) is 4.90 Å². The number of anilines is 1. The van der Waals surface area contributed by atoms with Crippen molar-refractivity contribution in [3.8, 4) is 0 Å². The fraction of sp³-hybridized carbons (Fsp3) is 0.250. The highest BCUT2D eigenvalue weighted by Crippen LogP contribution is 2.19. The van der Waals surface area contributed by atoms with E-state index in [4.69, 9.17) is 11.5 Å². The van der Waals surface area contributed by atoms with Gasteiger partial charge in [0, 0.05) is 7.05 Å². The zero-order valence-corrected chi connectivity index (χ0v) is 8.50. The van der Waals surface area contributed by atoms with Crippen molar-refractivity contribution in [2.75, 3.05) is 19.3 Å². The number of likely N-dealkylation sites (N-methyl/N-ethyl adjacent to an activating group) is 1. The lowest BCUT2D eigenvalue weighted by Gasteiger charge is -2.13. The molecule has 14 heavy (non-hydrogen) atoms. The number of nitrogen functional groups attached to an aromatic ring is 1. The lowest BCUT2D eigenvalue weighted by molar-refractivity contribution is -0.118. The number of rotatable bonds is 3. The molecule has 0 bridgehead atoms. The van der Waals surface area contributed by atoms with Crippen LogP contribution in [0.25, 0.3) is 0 Å². The molecule has 0 aliphatic carbocycles. The minimum atomic E-state index is -0.545. The predicted molar refractivity (Wildman–Crippen MR) is 54.9 cm³/mol. The van der Waals surface area contributed by atoms with Gasteiger partial charge in [-0.2, -0.15) is 0 Å². The molecule has 0 unspecified atom stereocenters. The van der Waals surface area contributed by atoms with Crippen LogP contribution in [0.3, 0.4) is 0 Å². The van der Waals surface area contributed by atoms with Crippen LogP contribution in [0.1, 0.15) is 9.67 Å². The molecule has 5 nitrogen and oxygen atoms in total. The summed E-state index contributed by atoms with van der Waals surface area (Å²) in [6.07, 6.45) is 0. The summed E-state index contributed by atoms with van der Waals surface area (Å²) < 4.78 is 0. The third kappa shape index (κ3) is 2.23. The first-order valence-electron chi connectivity index (χ1n) is 3.89. The van der Waals surface area contributed by atoms with Gasteiger partial charge in [0.25, 0.3) is 5.91 Å². The topological polar surface area (TPSA) is 89.4 Å². The van der Waals surface area contributed by atoms with Crippen LogP contribution in [0.2, 0.25) is 0 Å². The van der Waals surface area contributed by atoms with E-state index in [1.54, 1.807) is 11.4 Å². The van der Waals surface area contributed by atoms with Gasteiger partial charge in [-0.15, -0.1) is 11.3 Å². The van der Waals surface area contributed by atoms with E-state index < -0.39 is 5.91 Å². The van der Waals surface area contributed by atoms with Crippen molar-refractivity contribution in [2.24, 2.45) is 5.73 Å². The number of nitrogens with zero attached hydrogens (tertiary/aromatic N) is 1. The summed E-state index contributed by atoms with van der Waals surface area (Å²) in [6.45, 7) is -0.101. The van der Waals surface area contributed by atoms with E-state index in [-0.39, 0.29) is 12.5 Å². The molecule has 0 radical (unpaired) electrons. The van der Waals surface area contributed by atoms with Gasteiger partial charge in [-0.1, -0.05) is 0 Å². The summed E-state index contributed by atoms with van der Waals surface area (Å²) in [6, 6.07) is 1.65. The highest BCUT2D eigenvalue weighted by Gasteiger charge is 2.16. The third-order valence-electron chi connectivity index (χ3n) is 1.63. The molecule has 0 saturated heterocycles. The van der Waals surface area contributed by atoms with Gasteiger partial charge in [0.05, 0.1) is 12.2 Å². The number of carbonyl (C=O) groups excluding carboxylic acids is 2. The van der Waals surface area contributed by atoms with Crippen molar-refractivity contribution >= 4 is 28.8 Å². The van der Waals surface area contributed by atoms with E-state index >= 15 is 0 Å². The molecular weight excluding hydrogens is 202 g/mol. The number of hydrogen-bond donors (Lipinski definition) is 2. The Kier molecular flexibility index (Phi) is 3.08. The highest BCUT2D eigenvalue weighted by molar-refractivity contribution is 7.12. The fourth-order valence-electron chi connectivity index (χ4n) is 0.972. The summed E-state index contributed by atoms with van der Waals surface area (Å²) in [7, 11) is 1.51. The molecule has 1 rings (SSSR count). The number of carbonyl (C=O) groups is 2. The lowest BCUT2D eigenvalue weighted by atomic mass is 10.3. The Labute approximate surface area is 85.3 Å². The largest absolute Gasteiger partial charge is 0.397 e. The van der Waals surface area contributed by atoms with Gasteiger partial charge in [0.2, 0.25) is 5.91 Å². The number of amides is 2. The first-order valence-corrected chi connectivity index (χ1v) is 4.77. The Morgan fingerprint density at radius 3 is 2.64 bits per heavy atom. The standard InChI is InChI=1S/C8H11N3O2S/c1-11(4-6(10)12)8(13)7-5(9)2-3-14-7/h2-3H,4,9H2,1H3,(H2,10,12). The van der Waals surface area contributed by atoms with Crippen molar-refractivity contribution < 1.29 is 9.59 Å². The van der Waals surface area contributed by atoms with Crippen LogP contribution in [0.15, 0.2) is 11.4 Å². The first-order chi connectivity index (χ1) is 6.52. The molecule has 1 aromatic rings. The van der Waals surface area contributed by atoms with Crippen LogP contribution in [-0.4, -0.2) is 30.3 Å². The smallest absolute Gasteiger partial charge is 0.266 e. The van der Waals surface area contributed by atoms with Crippen LogP contribution in [0.4, 0.5) is 5.69 Å². The molecule has 0 aliphatic heterocycles. The van der Waals surface area contributed by atoms with E-state index in [0.29, 0.717) is 10.6 Å². The van der Waals surface area contributed by atoms with Gasteiger partial charge >= 0.3 is 0 Å². The Hall–Kier alpha value is -1.56.